The Hall–Kier alpha value is -0.850. The van der Waals surface area contributed by atoms with Crippen molar-refractivity contribution >= 4 is 5.78 Å². The lowest BCUT2D eigenvalue weighted by atomic mass is 10.2. The van der Waals surface area contributed by atoms with E-state index in [4.69, 9.17) is 15.9 Å². The van der Waals surface area contributed by atoms with Crippen LogP contribution in [0.2, 0.25) is 0 Å². The van der Waals surface area contributed by atoms with Crippen molar-refractivity contribution in [3.8, 4) is 12.3 Å². The molecule has 0 N–H and O–H groups in total. The molecule has 74 valence electrons. The van der Waals surface area contributed by atoms with E-state index in [-0.39, 0.29) is 5.78 Å². The van der Waals surface area contributed by atoms with E-state index < -0.39 is 0 Å². The lowest BCUT2D eigenvalue weighted by Gasteiger charge is -2.01. The number of methoxy groups -OCH3 is 1. The number of rotatable bonds is 8. The third-order valence-corrected chi connectivity index (χ3v) is 1.51. The third-order valence-electron chi connectivity index (χ3n) is 1.51. The van der Waals surface area contributed by atoms with E-state index in [2.05, 4.69) is 5.92 Å². The Balaban J connectivity index is 3.13. The molecule has 0 aromatic rings. The number of hydrogen-bond acceptors (Lipinski definition) is 3. The number of ketones is 1. The van der Waals surface area contributed by atoms with E-state index in [1.165, 1.54) is 0 Å². The second kappa shape index (κ2) is 9.24. The van der Waals surface area contributed by atoms with Gasteiger partial charge >= 0.3 is 0 Å². The Morgan fingerprint density at radius 1 is 1.31 bits per heavy atom. The lowest BCUT2D eigenvalue weighted by molar-refractivity contribution is -0.120. The van der Waals surface area contributed by atoms with Crippen LogP contribution in [0.25, 0.3) is 0 Å². The van der Waals surface area contributed by atoms with Crippen molar-refractivity contribution in [3.63, 3.8) is 0 Å². The van der Waals surface area contributed by atoms with Crippen LogP contribution in [-0.4, -0.2) is 32.7 Å². The summed E-state index contributed by atoms with van der Waals surface area (Å²) >= 11 is 0. The normalized spacial score (nSPS) is 9.54. The molecule has 0 radical (unpaired) electrons. The monoisotopic (exact) mass is 184 g/mol. The zero-order valence-corrected chi connectivity index (χ0v) is 8.04. The van der Waals surface area contributed by atoms with Crippen molar-refractivity contribution in [3.05, 3.63) is 0 Å². The number of ether oxygens (including phenoxy) is 2. The molecule has 0 saturated carbocycles. The Bertz CT molecular complexity index is 169. The highest BCUT2D eigenvalue weighted by Crippen LogP contribution is 1.94. The number of carbonyl (C=O) groups is 1. The van der Waals surface area contributed by atoms with Gasteiger partial charge in [0.05, 0.1) is 19.8 Å². The van der Waals surface area contributed by atoms with Crippen LogP contribution in [0.1, 0.15) is 19.3 Å². The number of Topliss-reactive ketones (excluding diaryl/α,β-unsaturated/α-hetero) is 1. The maximum absolute atomic E-state index is 11.0. The molecule has 0 aromatic heterocycles. The molecule has 0 aromatic carbocycles. The molecule has 3 nitrogen and oxygen atoms in total. The Kier molecular flexibility index (Phi) is 8.64. The quantitative estimate of drug-likeness (QED) is 0.417. The molecule has 0 fully saturated rings. The number of hydrogen-bond donors (Lipinski definition) is 0. The first kappa shape index (κ1) is 12.2. The summed E-state index contributed by atoms with van der Waals surface area (Å²) in [6.45, 7) is 1.57. The zero-order valence-electron chi connectivity index (χ0n) is 8.04. The van der Waals surface area contributed by atoms with Gasteiger partial charge in [0.25, 0.3) is 0 Å². The number of terminal acetylenes is 1. The van der Waals surface area contributed by atoms with Crippen molar-refractivity contribution in [2.45, 2.75) is 19.3 Å². The van der Waals surface area contributed by atoms with Crippen LogP contribution in [0.4, 0.5) is 0 Å². The topological polar surface area (TPSA) is 35.5 Å². The van der Waals surface area contributed by atoms with E-state index in [0.29, 0.717) is 39.1 Å². The molecule has 0 unspecified atom stereocenters. The SMILES string of the molecule is C#CCCC(=O)CCOCCOC. The molecule has 0 atom stereocenters. The van der Waals surface area contributed by atoms with Gasteiger partial charge in [-0.05, 0) is 0 Å². The predicted molar refractivity (Wildman–Crippen MR) is 50.4 cm³/mol. The van der Waals surface area contributed by atoms with Crippen molar-refractivity contribution in [2.75, 3.05) is 26.9 Å². The molecular formula is C10H16O3. The average molecular weight is 184 g/mol. The fourth-order valence-electron chi connectivity index (χ4n) is 0.767. The maximum atomic E-state index is 11.0. The highest BCUT2D eigenvalue weighted by molar-refractivity contribution is 5.78. The van der Waals surface area contributed by atoms with E-state index in [1.807, 2.05) is 0 Å². The molecule has 0 amide bonds. The van der Waals surface area contributed by atoms with Gasteiger partial charge < -0.3 is 9.47 Å². The summed E-state index contributed by atoms with van der Waals surface area (Å²) in [7, 11) is 1.61. The van der Waals surface area contributed by atoms with Crippen LogP contribution < -0.4 is 0 Å². The van der Waals surface area contributed by atoms with Gasteiger partial charge in [0.1, 0.15) is 5.78 Å². The molecule has 0 saturated heterocycles. The van der Waals surface area contributed by atoms with Crippen molar-refractivity contribution < 1.29 is 14.3 Å². The van der Waals surface area contributed by atoms with E-state index >= 15 is 0 Å². The fourth-order valence-corrected chi connectivity index (χ4v) is 0.767. The predicted octanol–water partition coefficient (Wildman–Crippen LogP) is 1.02. The summed E-state index contributed by atoms with van der Waals surface area (Å²) in [5.74, 6) is 2.59. The minimum atomic E-state index is 0.162. The van der Waals surface area contributed by atoms with Gasteiger partial charge in [0.2, 0.25) is 0 Å². The first-order valence-corrected chi connectivity index (χ1v) is 4.33. The minimum absolute atomic E-state index is 0.162. The molecule has 0 rings (SSSR count). The summed E-state index contributed by atoms with van der Waals surface area (Å²) in [4.78, 5) is 11.0. The maximum Gasteiger partial charge on any atom is 0.136 e. The van der Waals surface area contributed by atoms with Crippen LogP contribution in [0.3, 0.4) is 0 Å². The van der Waals surface area contributed by atoms with Gasteiger partial charge in [-0.2, -0.15) is 0 Å². The van der Waals surface area contributed by atoms with Gasteiger partial charge in [-0.15, -0.1) is 12.3 Å². The smallest absolute Gasteiger partial charge is 0.136 e. The first-order valence-electron chi connectivity index (χ1n) is 4.33. The Morgan fingerprint density at radius 3 is 2.69 bits per heavy atom. The van der Waals surface area contributed by atoms with Gasteiger partial charge in [0, 0.05) is 26.4 Å². The molecular weight excluding hydrogens is 168 g/mol. The standard InChI is InChI=1S/C10H16O3/c1-3-4-5-10(11)6-7-13-9-8-12-2/h1H,4-9H2,2H3. The minimum Gasteiger partial charge on any atom is -0.382 e. The zero-order chi connectivity index (χ0) is 9.94. The summed E-state index contributed by atoms with van der Waals surface area (Å²) in [6.07, 6.45) is 6.46. The van der Waals surface area contributed by atoms with Gasteiger partial charge in [-0.25, -0.2) is 0 Å². The van der Waals surface area contributed by atoms with Crippen LogP contribution in [0, 0.1) is 12.3 Å². The van der Waals surface area contributed by atoms with Gasteiger partial charge in [-0.1, -0.05) is 0 Å². The largest absolute Gasteiger partial charge is 0.382 e. The highest BCUT2D eigenvalue weighted by Gasteiger charge is 1.99. The van der Waals surface area contributed by atoms with Crippen LogP contribution in [-0.2, 0) is 14.3 Å². The molecule has 13 heavy (non-hydrogen) atoms. The van der Waals surface area contributed by atoms with Crippen molar-refractivity contribution in [1.82, 2.24) is 0 Å². The molecule has 0 aliphatic carbocycles. The van der Waals surface area contributed by atoms with Gasteiger partial charge in [0.15, 0.2) is 0 Å². The molecule has 3 heteroatoms. The average Bonchev–Trinajstić information content (AvgIpc) is 2.14. The summed E-state index contributed by atoms with van der Waals surface area (Å²) in [6, 6.07) is 0. The molecule has 0 bridgehead atoms. The van der Waals surface area contributed by atoms with E-state index in [0.717, 1.165) is 0 Å². The second-order valence-electron chi connectivity index (χ2n) is 2.60. The fraction of sp³-hybridized carbons (Fsp3) is 0.700. The van der Waals surface area contributed by atoms with Crippen LogP contribution >= 0.6 is 0 Å². The second-order valence-corrected chi connectivity index (χ2v) is 2.60. The van der Waals surface area contributed by atoms with Crippen LogP contribution in [0.15, 0.2) is 0 Å². The van der Waals surface area contributed by atoms with Crippen molar-refractivity contribution in [1.29, 1.82) is 0 Å². The number of carbonyl (C=O) groups excluding carboxylic acids is 1. The summed E-state index contributed by atoms with van der Waals surface area (Å²) in [5, 5.41) is 0. The molecule has 0 aliphatic heterocycles. The van der Waals surface area contributed by atoms with Crippen molar-refractivity contribution in [2.24, 2.45) is 0 Å². The van der Waals surface area contributed by atoms with Gasteiger partial charge in [-0.3, -0.25) is 4.79 Å². The Morgan fingerprint density at radius 2 is 2.08 bits per heavy atom. The van der Waals surface area contributed by atoms with Crippen LogP contribution in [0.5, 0.6) is 0 Å². The van der Waals surface area contributed by atoms with E-state index in [9.17, 15) is 4.79 Å². The van der Waals surface area contributed by atoms with E-state index in [1.54, 1.807) is 7.11 Å². The summed E-state index contributed by atoms with van der Waals surface area (Å²) in [5.41, 5.74) is 0. The molecule has 0 spiro atoms. The highest BCUT2D eigenvalue weighted by atomic mass is 16.5. The molecule has 0 aliphatic rings. The molecule has 0 heterocycles. The lowest BCUT2D eigenvalue weighted by Crippen LogP contribution is -2.07. The third kappa shape index (κ3) is 9.06. The Labute approximate surface area is 79.4 Å². The first-order chi connectivity index (χ1) is 6.31. The summed E-state index contributed by atoms with van der Waals surface area (Å²) < 4.78 is 9.90.